The molecule has 1 aliphatic rings. The summed E-state index contributed by atoms with van der Waals surface area (Å²) >= 11 is 0. The molecule has 0 saturated heterocycles. The van der Waals surface area contributed by atoms with Gasteiger partial charge in [0.2, 0.25) is 0 Å². The Morgan fingerprint density at radius 2 is 2.17 bits per heavy atom. The van der Waals surface area contributed by atoms with Crippen LogP contribution in [0.1, 0.15) is 41.3 Å². The molecule has 0 heterocycles. The van der Waals surface area contributed by atoms with Crippen LogP contribution in [0.5, 0.6) is 0 Å². The molecule has 1 unspecified atom stereocenters. The number of ether oxygens (including phenoxy) is 1. The van der Waals surface area contributed by atoms with E-state index in [9.17, 15) is 9.59 Å². The summed E-state index contributed by atoms with van der Waals surface area (Å²) in [6, 6.07) is 5.91. The van der Waals surface area contributed by atoms with Gasteiger partial charge in [0.05, 0.1) is 13.0 Å². The van der Waals surface area contributed by atoms with Crippen molar-refractivity contribution in [3.05, 3.63) is 34.9 Å². The van der Waals surface area contributed by atoms with Crippen molar-refractivity contribution in [3.8, 4) is 0 Å². The molecule has 1 atom stereocenters. The number of carbonyl (C=O) groups is 2. The molecule has 0 aliphatic heterocycles. The highest BCUT2D eigenvalue weighted by Gasteiger charge is 2.19. The molecule has 1 aliphatic carbocycles. The quantitative estimate of drug-likeness (QED) is 0.770. The Labute approximate surface area is 107 Å². The summed E-state index contributed by atoms with van der Waals surface area (Å²) in [4.78, 5) is 23.1. The molecule has 0 spiro atoms. The Morgan fingerprint density at radius 3 is 2.89 bits per heavy atom. The molecule has 3 nitrogen and oxygen atoms in total. The van der Waals surface area contributed by atoms with Crippen LogP contribution in [0.25, 0.3) is 0 Å². The molecule has 0 fully saturated rings. The van der Waals surface area contributed by atoms with Gasteiger partial charge in [0, 0.05) is 12.0 Å². The molecule has 0 amide bonds. The second-order valence-electron chi connectivity index (χ2n) is 4.90. The number of methoxy groups -OCH3 is 1. The van der Waals surface area contributed by atoms with Gasteiger partial charge in [-0.2, -0.15) is 0 Å². The first-order valence-electron chi connectivity index (χ1n) is 6.34. The first-order chi connectivity index (χ1) is 8.61. The standard InChI is InChI=1S/C15H18O3/c1-10(15(17)18-2)8-11-6-7-13-12(9-11)4-3-5-14(13)16/h6-7,9-10H,3-5,8H2,1-2H3. The molecule has 18 heavy (non-hydrogen) atoms. The van der Waals surface area contributed by atoms with Gasteiger partial charge < -0.3 is 4.74 Å². The van der Waals surface area contributed by atoms with E-state index in [0.717, 1.165) is 29.5 Å². The Kier molecular flexibility index (Phi) is 3.80. The van der Waals surface area contributed by atoms with E-state index in [1.807, 2.05) is 19.1 Å². The molecular weight excluding hydrogens is 228 g/mol. The maximum absolute atomic E-state index is 11.7. The molecule has 0 radical (unpaired) electrons. The van der Waals surface area contributed by atoms with Crippen LogP contribution in [0.4, 0.5) is 0 Å². The summed E-state index contributed by atoms with van der Waals surface area (Å²) in [5.74, 6) is -0.0973. The molecule has 0 N–H and O–H groups in total. The van der Waals surface area contributed by atoms with Crippen LogP contribution in [0, 0.1) is 5.92 Å². The third-order valence-corrected chi connectivity index (χ3v) is 3.47. The summed E-state index contributed by atoms with van der Waals surface area (Å²) in [6.07, 6.45) is 3.21. The van der Waals surface area contributed by atoms with E-state index in [2.05, 4.69) is 6.07 Å². The predicted octanol–water partition coefficient (Wildman–Crippen LogP) is 2.56. The Bertz CT molecular complexity index is 477. The van der Waals surface area contributed by atoms with Crippen molar-refractivity contribution in [1.29, 1.82) is 0 Å². The van der Waals surface area contributed by atoms with Crippen LogP contribution < -0.4 is 0 Å². The minimum atomic E-state index is -0.191. The number of hydrogen-bond acceptors (Lipinski definition) is 3. The first kappa shape index (κ1) is 12.8. The maximum atomic E-state index is 11.7. The van der Waals surface area contributed by atoms with E-state index < -0.39 is 0 Å². The molecule has 0 bridgehead atoms. The van der Waals surface area contributed by atoms with E-state index in [0.29, 0.717) is 12.8 Å². The maximum Gasteiger partial charge on any atom is 0.308 e. The molecule has 3 heteroatoms. The van der Waals surface area contributed by atoms with Crippen molar-refractivity contribution in [2.24, 2.45) is 5.92 Å². The smallest absolute Gasteiger partial charge is 0.308 e. The summed E-state index contributed by atoms with van der Waals surface area (Å²) in [7, 11) is 1.41. The fraction of sp³-hybridized carbons (Fsp3) is 0.467. The fourth-order valence-electron chi connectivity index (χ4n) is 2.47. The van der Waals surface area contributed by atoms with Crippen molar-refractivity contribution < 1.29 is 14.3 Å². The summed E-state index contributed by atoms with van der Waals surface area (Å²) in [5.41, 5.74) is 3.08. The largest absolute Gasteiger partial charge is 0.469 e. The second-order valence-corrected chi connectivity index (χ2v) is 4.90. The lowest BCUT2D eigenvalue weighted by molar-refractivity contribution is -0.144. The Hall–Kier alpha value is -1.64. The van der Waals surface area contributed by atoms with Crippen LogP contribution >= 0.6 is 0 Å². The number of ketones is 1. The topological polar surface area (TPSA) is 43.4 Å². The van der Waals surface area contributed by atoms with E-state index >= 15 is 0 Å². The van der Waals surface area contributed by atoms with Crippen LogP contribution in [0.3, 0.4) is 0 Å². The van der Waals surface area contributed by atoms with Crippen molar-refractivity contribution in [2.75, 3.05) is 7.11 Å². The van der Waals surface area contributed by atoms with Crippen molar-refractivity contribution >= 4 is 11.8 Å². The normalized spacial score (nSPS) is 16.0. The van der Waals surface area contributed by atoms with E-state index in [1.54, 1.807) is 0 Å². The van der Waals surface area contributed by atoms with Gasteiger partial charge in [-0.25, -0.2) is 0 Å². The van der Waals surface area contributed by atoms with E-state index in [1.165, 1.54) is 7.11 Å². The number of Topliss-reactive ketones (excluding diaryl/α,β-unsaturated/α-hetero) is 1. The summed E-state index contributed by atoms with van der Waals surface area (Å²) < 4.78 is 4.72. The van der Waals surface area contributed by atoms with Gasteiger partial charge in [0.25, 0.3) is 0 Å². The number of aryl methyl sites for hydroxylation is 1. The lowest BCUT2D eigenvalue weighted by atomic mass is 9.88. The van der Waals surface area contributed by atoms with Gasteiger partial charge in [-0.3, -0.25) is 9.59 Å². The van der Waals surface area contributed by atoms with Crippen molar-refractivity contribution in [1.82, 2.24) is 0 Å². The molecule has 0 aromatic heterocycles. The van der Waals surface area contributed by atoms with Gasteiger partial charge in [-0.1, -0.05) is 25.1 Å². The highest BCUT2D eigenvalue weighted by Crippen LogP contribution is 2.23. The van der Waals surface area contributed by atoms with Crippen LogP contribution in [-0.2, 0) is 22.4 Å². The average molecular weight is 246 g/mol. The van der Waals surface area contributed by atoms with Crippen LogP contribution in [0.2, 0.25) is 0 Å². The van der Waals surface area contributed by atoms with Crippen molar-refractivity contribution in [3.63, 3.8) is 0 Å². The fourth-order valence-corrected chi connectivity index (χ4v) is 2.47. The number of benzene rings is 1. The van der Waals surface area contributed by atoms with E-state index in [4.69, 9.17) is 4.74 Å². The zero-order chi connectivity index (χ0) is 13.1. The van der Waals surface area contributed by atoms with Crippen LogP contribution in [-0.4, -0.2) is 18.9 Å². The van der Waals surface area contributed by atoms with Crippen LogP contribution in [0.15, 0.2) is 18.2 Å². The van der Waals surface area contributed by atoms with Gasteiger partial charge in [0.15, 0.2) is 5.78 Å². The summed E-state index contributed by atoms with van der Waals surface area (Å²) in [5, 5.41) is 0. The summed E-state index contributed by atoms with van der Waals surface area (Å²) in [6.45, 7) is 1.86. The number of fused-ring (bicyclic) bond motifs is 1. The number of rotatable bonds is 3. The number of carbonyl (C=O) groups excluding carboxylic acids is 2. The zero-order valence-corrected chi connectivity index (χ0v) is 10.9. The number of hydrogen-bond donors (Lipinski definition) is 0. The third-order valence-electron chi connectivity index (χ3n) is 3.47. The Morgan fingerprint density at radius 1 is 1.39 bits per heavy atom. The highest BCUT2D eigenvalue weighted by atomic mass is 16.5. The lowest BCUT2D eigenvalue weighted by Crippen LogP contribution is -2.16. The SMILES string of the molecule is COC(=O)C(C)Cc1ccc2c(c1)CCCC2=O. The third kappa shape index (κ3) is 2.61. The molecule has 1 aromatic carbocycles. The molecule has 96 valence electrons. The molecule has 0 saturated carbocycles. The number of esters is 1. The van der Waals surface area contributed by atoms with Gasteiger partial charge in [-0.05, 0) is 30.4 Å². The molecule has 1 aromatic rings. The van der Waals surface area contributed by atoms with Gasteiger partial charge >= 0.3 is 5.97 Å². The monoisotopic (exact) mass is 246 g/mol. The minimum Gasteiger partial charge on any atom is -0.469 e. The van der Waals surface area contributed by atoms with Gasteiger partial charge in [-0.15, -0.1) is 0 Å². The first-order valence-corrected chi connectivity index (χ1v) is 6.34. The Balaban J connectivity index is 2.16. The predicted molar refractivity (Wildman–Crippen MR) is 68.6 cm³/mol. The van der Waals surface area contributed by atoms with E-state index in [-0.39, 0.29) is 17.7 Å². The second kappa shape index (κ2) is 5.34. The lowest BCUT2D eigenvalue weighted by Gasteiger charge is -2.16. The minimum absolute atomic E-state index is 0.146. The molecule has 2 rings (SSSR count). The van der Waals surface area contributed by atoms with Gasteiger partial charge in [0.1, 0.15) is 0 Å². The molecular formula is C15H18O3. The van der Waals surface area contributed by atoms with Crippen molar-refractivity contribution in [2.45, 2.75) is 32.6 Å². The highest BCUT2D eigenvalue weighted by molar-refractivity contribution is 5.98. The zero-order valence-electron chi connectivity index (χ0n) is 10.9. The average Bonchev–Trinajstić information content (AvgIpc) is 2.38.